The second-order valence-electron chi connectivity index (χ2n) is 4.89. The van der Waals surface area contributed by atoms with Crippen molar-refractivity contribution in [1.82, 2.24) is 10.6 Å². The van der Waals surface area contributed by atoms with Gasteiger partial charge in [-0.3, -0.25) is 4.79 Å². The van der Waals surface area contributed by atoms with Crippen LogP contribution >= 0.6 is 0 Å². The lowest BCUT2D eigenvalue weighted by molar-refractivity contribution is -0.123. The Balaban J connectivity index is 1.69. The number of nitrogens with one attached hydrogen (secondary N) is 2. The number of aliphatic hydroxyl groups is 1. The zero-order valence-electron chi connectivity index (χ0n) is 11.6. The van der Waals surface area contributed by atoms with Gasteiger partial charge in [-0.1, -0.05) is 24.3 Å². The summed E-state index contributed by atoms with van der Waals surface area (Å²) in [7, 11) is 0. The van der Waals surface area contributed by atoms with Crippen molar-refractivity contribution in [2.45, 2.75) is 25.4 Å². The summed E-state index contributed by atoms with van der Waals surface area (Å²) in [4.78, 5) is 12.0. The first-order valence-corrected chi connectivity index (χ1v) is 7.07. The van der Waals surface area contributed by atoms with Gasteiger partial charge in [0.1, 0.15) is 0 Å². The van der Waals surface area contributed by atoms with Crippen LogP contribution in [-0.2, 0) is 22.5 Å². The molecule has 3 N–H and O–H groups in total. The third-order valence-corrected chi connectivity index (χ3v) is 3.40. The van der Waals surface area contributed by atoms with Crippen molar-refractivity contribution in [3.05, 3.63) is 35.4 Å². The van der Waals surface area contributed by atoms with Gasteiger partial charge < -0.3 is 20.5 Å². The first kappa shape index (κ1) is 15.0. The Hall–Kier alpha value is -1.43. The molecule has 0 aliphatic carbocycles. The van der Waals surface area contributed by atoms with Gasteiger partial charge in [-0.05, 0) is 24.0 Å². The van der Waals surface area contributed by atoms with Gasteiger partial charge in [0.15, 0.2) is 0 Å². The number of ether oxygens (including phenoxy) is 1. The Labute approximate surface area is 119 Å². The van der Waals surface area contributed by atoms with Gasteiger partial charge in [0.2, 0.25) is 5.91 Å². The maximum atomic E-state index is 12.0. The van der Waals surface area contributed by atoms with Crippen LogP contribution in [0.1, 0.15) is 17.5 Å². The van der Waals surface area contributed by atoms with Gasteiger partial charge in [-0.2, -0.15) is 0 Å². The number of rotatable bonds is 7. The van der Waals surface area contributed by atoms with Gasteiger partial charge in [-0.15, -0.1) is 0 Å². The van der Waals surface area contributed by atoms with Crippen molar-refractivity contribution in [2.24, 2.45) is 0 Å². The molecule has 1 unspecified atom stereocenters. The minimum atomic E-state index is -0.150. The molecule has 20 heavy (non-hydrogen) atoms. The highest BCUT2D eigenvalue weighted by atomic mass is 16.5. The predicted molar refractivity (Wildman–Crippen MR) is 76.3 cm³/mol. The number of aliphatic hydroxyl groups excluding tert-OH is 1. The van der Waals surface area contributed by atoms with E-state index in [-0.39, 0.29) is 18.6 Å². The maximum absolute atomic E-state index is 12.0. The van der Waals surface area contributed by atoms with E-state index in [1.54, 1.807) is 0 Å². The Kier molecular flexibility index (Phi) is 5.98. The van der Waals surface area contributed by atoms with E-state index in [4.69, 9.17) is 9.84 Å². The number of hydrogen-bond donors (Lipinski definition) is 3. The first-order chi connectivity index (χ1) is 9.81. The smallest absolute Gasteiger partial charge is 0.237 e. The zero-order valence-corrected chi connectivity index (χ0v) is 11.6. The normalized spacial score (nSPS) is 17.6. The largest absolute Gasteiger partial charge is 0.394 e. The van der Waals surface area contributed by atoms with Crippen molar-refractivity contribution < 1.29 is 14.6 Å². The highest BCUT2D eigenvalue weighted by Gasteiger charge is 2.23. The summed E-state index contributed by atoms with van der Waals surface area (Å²) in [6, 6.07) is 8.06. The van der Waals surface area contributed by atoms with Crippen molar-refractivity contribution in [3.63, 3.8) is 0 Å². The van der Waals surface area contributed by atoms with Crippen molar-refractivity contribution >= 4 is 5.91 Å². The summed E-state index contributed by atoms with van der Waals surface area (Å²) < 4.78 is 5.14. The fourth-order valence-corrected chi connectivity index (χ4v) is 2.32. The number of benzene rings is 1. The fourth-order valence-electron chi connectivity index (χ4n) is 2.32. The molecule has 0 aromatic heterocycles. The molecule has 0 radical (unpaired) electrons. The minimum absolute atomic E-state index is 0.0394. The monoisotopic (exact) mass is 278 g/mol. The maximum Gasteiger partial charge on any atom is 0.237 e. The number of carbonyl (C=O) groups excluding carboxylic acids is 1. The average molecular weight is 278 g/mol. The molecule has 1 aliphatic rings. The number of hydrogen-bond acceptors (Lipinski definition) is 4. The Morgan fingerprint density at radius 1 is 1.35 bits per heavy atom. The molecule has 1 atom stereocenters. The van der Waals surface area contributed by atoms with Crippen molar-refractivity contribution in [2.75, 3.05) is 26.4 Å². The summed E-state index contributed by atoms with van der Waals surface area (Å²) in [6.45, 7) is 2.30. The summed E-state index contributed by atoms with van der Waals surface area (Å²) in [5, 5.41) is 14.7. The molecule has 0 fully saturated rings. The van der Waals surface area contributed by atoms with Crippen LogP contribution in [0.5, 0.6) is 0 Å². The van der Waals surface area contributed by atoms with E-state index in [1.807, 2.05) is 12.1 Å². The lowest BCUT2D eigenvalue weighted by Crippen LogP contribution is -2.47. The van der Waals surface area contributed by atoms with E-state index < -0.39 is 0 Å². The number of fused-ring (bicyclic) bond motifs is 1. The third-order valence-electron chi connectivity index (χ3n) is 3.40. The SMILES string of the molecule is O=C(NCCCOCCO)C1Cc2ccccc2CN1. The molecule has 5 nitrogen and oxygen atoms in total. The Bertz CT molecular complexity index is 437. The second-order valence-corrected chi connectivity index (χ2v) is 4.89. The van der Waals surface area contributed by atoms with E-state index in [0.29, 0.717) is 19.8 Å². The van der Waals surface area contributed by atoms with Crippen LogP contribution in [0.3, 0.4) is 0 Å². The van der Waals surface area contributed by atoms with E-state index in [9.17, 15) is 4.79 Å². The van der Waals surface area contributed by atoms with Gasteiger partial charge in [0.05, 0.1) is 19.3 Å². The van der Waals surface area contributed by atoms with E-state index >= 15 is 0 Å². The minimum Gasteiger partial charge on any atom is -0.394 e. The molecule has 1 amide bonds. The summed E-state index contributed by atoms with van der Waals surface area (Å²) in [5.74, 6) is 0.0432. The zero-order chi connectivity index (χ0) is 14.2. The van der Waals surface area contributed by atoms with E-state index in [1.165, 1.54) is 11.1 Å². The Morgan fingerprint density at radius 3 is 2.95 bits per heavy atom. The third kappa shape index (κ3) is 4.30. The van der Waals surface area contributed by atoms with Crippen LogP contribution in [0.25, 0.3) is 0 Å². The molecule has 1 heterocycles. The summed E-state index contributed by atoms with van der Waals surface area (Å²) in [6.07, 6.45) is 1.50. The molecule has 0 spiro atoms. The molecule has 5 heteroatoms. The second kappa shape index (κ2) is 7.99. The molecule has 0 bridgehead atoms. The first-order valence-electron chi connectivity index (χ1n) is 7.07. The van der Waals surface area contributed by atoms with Crippen LogP contribution in [0, 0.1) is 0 Å². The van der Waals surface area contributed by atoms with Gasteiger partial charge in [0.25, 0.3) is 0 Å². The van der Waals surface area contributed by atoms with Gasteiger partial charge in [-0.25, -0.2) is 0 Å². The molecule has 2 rings (SSSR count). The number of carbonyl (C=O) groups is 1. The molecule has 110 valence electrons. The molecule has 1 aromatic carbocycles. The molecule has 0 saturated heterocycles. The molecular formula is C15H22N2O3. The topological polar surface area (TPSA) is 70.6 Å². The summed E-state index contributed by atoms with van der Waals surface area (Å²) in [5.41, 5.74) is 2.52. The highest BCUT2D eigenvalue weighted by molar-refractivity contribution is 5.82. The number of amides is 1. The summed E-state index contributed by atoms with van der Waals surface area (Å²) >= 11 is 0. The van der Waals surface area contributed by atoms with Crippen LogP contribution < -0.4 is 10.6 Å². The molecule has 1 aromatic rings. The van der Waals surface area contributed by atoms with Gasteiger partial charge >= 0.3 is 0 Å². The average Bonchev–Trinajstić information content (AvgIpc) is 2.50. The van der Waals surface area contributed by atoms with Crippen LogP contribution in [0.2, 0.25) is 0 Å². The highest BCUT2D eigenvalue weighted by Crippen LogP contribution is 2.16. The molecular weight excluding hydrogens is 256 g/mol. The van der Waals surface area contributed by atoms with E-state index in [0.717, 1.165) is 19.4 Å². The van der Waals surface area contributed by atoms with Crippen molar-refractivity contribution in [3.8, 4) is 0 Å². The quantitative estimate of drug-likeness (QED) is 0.624. The lowest BCUT2D eigenvalue weighted by atomic mass is 9.95. The van der Waals surface area contributed by atoms with Crippen LogP contribution in [-0.4, -0.2) is 43.4 Å². The molecule has 0 saturated carbocycles. The van der Waals surface area contributed by atoms with Gasteiger partial charge in [0, 0.05) is 19.7 Å². The van der Waals surface area contributed by atoms with Crippen molar-refractivity contribution in [1.29, 1.82) is 0 Å². The standard InChI is InChI=1S/C15H22N2O3/c18-7-9-20-8-3-6-16-15(19)14-10-12-4-1-2-5-13(12)11-17-14/h1-2,4-5,14,17-18H,3,6-11H2,(H,16,19). The van der Waals surface area contributed by atoms with Crippen LogP contribution in [0.15, 0.2) is 24.3 Å². The van der Waals surface area contributed by atoms with E-state index in [2.05, 4.69) is 22.8 Å². The lowest BCUT2D eigenvalue weighted by Gasteiger charge is -2.25. The van der Waals surface area contributed by atoms with Crippen LogP contribution in [0.4, 0.5) is 0 Å². The fraction of sp³-hybridized carbons (Fsp3) is 0.533. The predicted octanol–water partition coefficient (Wildman–Crippen LogP) is 0.216. The molecule has 1 aliphatic heterocycles. The Morgan fingerprint density at radius 2 is 2.15 bits per heavy atom.